The van der Waals surface area contributed by atoms with Crippen molar-refractivity contribution in [2.45, 2.75) is 45.3 Å². The maximum atomic E-state index is 13.5. The van der Waals surface area contributed by atoms with Crippen molar-refractivity contribution >= 4 is 28.3 Å². The molecule has 0 saturated heterocycles. The first kappa shape index (κ1) is 22.7. The fourth-order valence-electron chi connectivity index (χ4n) is 2.59. The number of nitrogens with one attached hydrogen (secondary N) is 2. The zero-order valence-electron chi connectivity index (χ0n) is 16.2. The predicted octanol–water partition coefficient (Wildman–Crippen LogP) is 1.72. The smallest absolute Gasteiger partial charge is 0.243 e. The molecule has 1 heterocycles. The van der Waals surface area contributed by atoms with E-state index in [-0.39, 0.29) is 18.9 Å². The molecule has 1 aromatic carbocycles. The minimum absolute atomic E-state index is 0.0210. The molecule has 0 aliphatic carbocycles. The van der Waals surface area contributed by atoms with Gasteiger partial charge in [0.05, 0.1) is 12.6 Å². The third-order valence-corrected chi connectivity index (χ3v) is 5.45. The van der Waals surface area contributed by atoms with Gasteiger partial charge in [0.1, 0.15) is 6.04 Å². The molecule has 1 aromatic heterocycles. The number of hydrogen-bond donors (Lipinski definition) is 4. The Labute approximate surface area is 171 Å². The highest BCUT2D eigenvalue weighted by molar-refractivity contribution is 7.15. The number of nitrogens with two attached hydrogens (primary N) is 2. The molecule has 2 rings (SSSR count). The van der Waals surface area contributed by atoms with E-state index in [1.165, 1.54) is 17.4 Å². The quantitative estimate of drug-likeness (QED) is 0.487. The zero-order chi connectivity index (χ0) is 21.6. The molecule has 0 spiro atoms. The summed E-state index contributed by atoms with van der Waals surface area (Å²) in [6.45, 7) is 3.92. The molecule has 29 heavy (non-hydrogen) atoms. The van der Waals surface area contributed by atoms with E-state index >= 15 is 0 Å². The normalized spacial score (nSPS) is 14.1. The van der Waals surface area contributed by atoms with Gasteiger partial charge in [0.25, 0.3) is 0 Å². The van der Waals surface area contributed by atoms with E-state index < -0.39 is 35.5 Å². The number of nitrogens with zero attached hydrogens (tertiary/aromatic N) is 1. The van der Waals surface area contributed by atoms with Crippen molar-refractivity contribution in [3.63, 3.8) is 0 Å². The molecule has 2 aromatic rings. The van der Waals surface area contributed by atoms with Gasteiger partial charge in [-0.15, -0.1) is 11.3 Å². The standard InChI is InChI=1S/C19H25F2N5O2S/c1-3-10(2)16(22)18(28)26-15(7-11-4-5-13(20)14(21)6-11)17(27)24-8-12-9-25-19(23)29-12/h4-6,9-10,15-16H,3,7-8,22H2,1-2H3,(H2,23,25)(H,24,27)(H,26,28)/t10?,15-,16+/m0/s1. The fourth-order valence-corrected chi connectivity index (χ4v) is 3.22. The monoisotopic (exact) mass is 425 g/mol. The van der Waals surface area contributed by atoms with Gasteiger partial charge in [-0.05, 0) is 23.6 Å². The number of rotatable bonds is 9. The minimum Gasteiger partial charge on any atom is -0.375 e. The largest absolute Gasteiger partial charge is 0.375 e. The number of benzene rings is 1. The topological polar surface area (TPSA) is 123 Å². The van der Waals surface area contributed by atoms with Crippen LogP contribution in [-0.2, 0) is 22.6 Å². The van der Waals surface area contributed by atoms with E-state index in [1.807, 2.05) is 13.8 Å². The molecule has 2 amide bonds. The van der Waals surface area contributed by atoms with Crippen LogP contribution in [0.4, 0.5) is 13.9 Å². The van der Waals surface area contributed by atoms with Crippen LogP contribution in [0.15, 0.2) is 24.4 Å². The fraction of sp³-hybridized carbons (Fsp3) is 0.421. The summed E-state index contributed by atoms with van der Waals surface area (Å²) in [5.41, 5.74) is 11.9. The molecule has 0 aliphatic rings. The first-order chi connectivity index (χ1) is 13.7. The van der Waals surface area contributed by atoms with Crippen molar-refractivity contribution in [2.24, 2.45) is 11.7 Å². The number of nitrogen functional groups attached to an aromatic ring is 1. The van der Waals surface area contributed by atoms with E-state index in [0.717, 1.165) is 17.0 Å². The van der Waals surface area contributed by atoms with Crippen LogP contribution in [0.25, 0.3) is 0 Å². The van der Waals surface area contributed by atoms with Gasteiger partial charge in [-0.25, -0.2) is 13.8 Å². The first-order valence-electron chi connectivity index (χ1n) is 9.19. The molecule has 6 N–H and O–H groups in total. The lowest BCUT2D eigenvalue weighted by atomic mass is 9.98. The lowest BCUT2D eigenvalue weighted by Gasteiger charge is -2.23. The number of aromatic nitrogens is 1. The molecule has 0 fully saturated rings. The van der Waals surface area contributed by atoms with Gasteiger partial charge in [0, 0.05) is 17.5 Å². The number of carbonyl (C=O) groups excluding carboxylic acids is 2. The average molecular weight is 426 g/mol. The Morgan fingerprint density at radius 3 is 2.55 bits per heavy atom. The van der Waals surface area contributed by atoms with Gasteiger partial charge in [0.15, 0.2) is 16.8 Å². The third-order valence-electron chi connectivity index (χ3n) is 4.62. The second-order valence-corrected chi connectivity index (χ2v) is 7.95. The Hall–Kier alpha value is -2.59. The lowest BCUT2D eigenvalue weighted by Crippen LogP contribution is -2.53. The van der Waals surface area contributed by atoms with Crippen molar-refractivity contribution in [3.8, 4) is 0 Å². The van der Waals surface area contributed by atoms with Crippen LogP contribution in [0.3, 0.4) is 0 Å². The second-order valence-electron chi connectivity index (χ2n) is 6.81. The first-order valence-corrected chi connectivity index (χ1v) is 10.0. The Morgan fingerprint density at radius 1 is 1.24 bits per heavy atom. The van der Waals surface area contributed by atoms with Crippen molar-refractivity contribution in [2.75, 3.05) is 5.73 Å². The molecule has 158 valence electrons. The molecule has 0 bridgehead atoms. The number of carbonyl (C=O) groups is 2. The highest BCUT2D eigenvalue weighted by Gasteiger charge is 2.26. The average Bonchev–Trinajstić information content (AvgIpc) is 3.12. The van der Waals surface area contributed by atoms with Crippen molar-refractivity contribution in [3.05, 3.63) is 46.5 Å². The van der Waals surface area contributed by atoms with Crippen LogP contribution in [0.1, 0.15) is 30.7 Å². The highest BCUT2D eigenvalue weighted by atomic mass is 32.1. The van der Waals surface area contributed by atoms with Crippen molar-refractivity contribution in [1.82, 2.24) is 15.6 Å². The highest BCUT2D eigenvalue weighted by Crippen LogP contribution is 2.15. The van der Waals surface area contributed by atoms with Gasteiger partial charge in [-0.2, -0.15) is 0 Å². The van der Waals surface area contributed by atoms with Gasteiger partial charge in [0.2, 0.25) is 11.8 Å². The molecular formula is C19H25F2N5O2S. The maximum absolute atomic E-state index is 13.5. The van der Waals surface area contributed by atoms with Gasteiger partial charge in [-0.1, -0.05) is 26.3 Å². The molecule has 0 radical (unpaired) electrons. The summed E-state index contributed by atoms with van der Waals surface area (Å²) in [4.78, 5) is 29.8. The van der Waals surface area contributed by atoms with Gasteiger partial charge in [-0.3, -0.25) is 9.59 Å². The molecule has 0 saturated carbocycles. The van der Waals surface area contributed by atoms with Crippen LogP contribution in [0.5, 0.6) is 0 Å². The minimum atomic E-state index is -1.02. The molecule has 3 atom stereocenters. The van der Waals surface area contributed by atoms with Crippen LogP contribution in [0, 0.1) is 17.6 Å². The SMILES string of the molecule is CCC(C)[C@@H](N)C(=O)N[C@@H](Cc1ccc(F)c(F)c1)C(=O)NCc1cnc(N)s1. The maximum Gasteiger partial charge on any atom is 0.243 e. The lowest BCUT2D eigenvalue weighted by molar-refractivity contribution is -0.130. The number of anilines is 1. The van der Waals surface area contributed by atoms with Crippen LogP contribution >= 0.6 is 11.3 Å². The summed E-state index contributed by atoms with van der Waals surface area (Å²) in [5, 5.41) is 5.70. The Balaban J connectivity index is 2.13. The second kappa shape index (κ2) is 10.3. The molecule has 0 aliphatic heterocycles. The summed E-state index contributed by atoms with van der Waals surface area (Å²) in [6, 6.07) is 1.55. The number of hydrogen-bond acceptors (Lipinski definition) is 6. The Morgan fingerprint density at radius 2 is 1.97 bits per heavy atom. The molecule has 1 unspecified atom stereocenters. The van der Waals surface area contributed by atoms with E-state index in [0.29, 0.717) is 17.1 Å². The Bertz CT molecular complexity index is 861. The summed E-state index contributed by atoms with van der Waals surface area (Å²) in [5.74, 6) is -3.05. The van der Waals surface area contributed by atoms with E-state index in [4.69, 9.17) is 11.5 Å². The van der Waals surface area contributed by atoms with Crippen molar-refractivity contribution in [1.29, 1.82) is 0 Å². The van der Waals surface area contributed by atoms with Crippen LogP contribution < -0.4 is 22.1 Å². The van der Waals surface area contributed by atoms with Gasteiger partial charge >= 0.3 is 0 Å². The third kappa shape index (κ3) is 6.47. The molecule has 10 heteroatoms. The summed E-state index contributed by atoms with van der Waals surface area (Å²) >= 11 is 1.23. The zero-order valence-corrected chi connectivity index (χ0v) is 17.1. The van der Waals surface area contributed by atoms with Crippen LogP contribution in [0.2, 0.25) is 0 Å². The van der Waals surface area contributed by atoms with E-state index in [1.54, 1.807) is 6.20 Å². The van der Waals surface area contributed by atoms with Crippen LogP contribution in [-0.4, -0.2) is 28.9 Å². The summed E-state index contributed by atoms with van der Waals surface area (Å²) < 4.78 is 26.7. The summed E-state index contributed by atoms with van der Waals surface area (Å²) in [6.07, 6.45) is 2.22. The van der Waals surface area contributed by atoms with Gasteiger partial charge < -0.3 is 22.1 Å². The predicted molar refractivity (Wildman–Crippen MR) is 108 cm³/mol. The van der Waals surface area contributed by atoms with E-state index in [2.05, 4.69) is 15.6 Å². The number of thiazole rings is 1. The summed E-state index contributed by atoms with van der Waals surface area (Å²) in [7, 11) is 0. The van der Waals surface area contributed by atoms with Crippen molar-refractivity contribution < 1.29 is 18.4 Å². The number of amides is 2. The van der Waals surface area contributed by atoms with E-state index in [9.17, 15) is 18.4 Å². The molecule has 7 nitrogen and oxygen atoms in total. The Kier molecular flexibility index (Phi) is 8.03. The molecular weight excluding hydrogens is 400 g/mol. The number of halogens is 2.